The Labute approximate surface area is 384 Å². The maximum Gasteiger partial charge on any atom is 0.453 e. The van der Waals surface area contributed by atoms with Gasteiger partial charge < -0.3 is 28.4 Å². The fourth-order valence-corrected chi connectivity index (χ4v) is 7.57. The van der Waals surface area contributed by atoms with Gasteiger partial charge in [-0.3, -0.25) is 5.10 Å². The number of rotatable bonds is 7. The van der Waals surface area contributed by atoms with Crippen LogP contribution in [0.5, 0.6) is 0 Å². The lowest BCUT2D eigenvalue weighted by Gasteiger charge is -2.15. The third-order valence-electron chi connectivity index (χ3n) is 11.0. The molecule has 6 heterocycles. The van der Waals surface area contributed by atoms with Gasteiger partial charge in [0.1, 0.15) is 17.0 Å². The number of hydrogen-bond donors (Lipinski definition) is 1. The van der Waals surface area contributed by atoms with Crippen LogP contribution in [-0.4, -0.2) is 105 Å². The lowest BCUT2D eigenvalue weighted by atomic mass is 9.92. The number of nitrogens with zero attached hydrogens (tertiary/aromatic N) is 8. The smallest absolute Gasteiger partial charge is 0.453 e. The molecule has 0 aromatic carbocycles. The number of aromatic amines is 1. The molecule has 63 heavy (non-hydrogen) atoms. The van der Waals surface area contributed by atoms with Gasteiger partial charge in [-0.05, 0) is 54.0 Å². The number of H-pyrrole nitrogens is 1. The third-order valence-corrected chi connectivity index (χ3v) is 12.0. The molecule has 0 bridgehead atoms. The third kappa shape index (κ3) is 17.5. The molecule has 20 heteroatoms. The summed E-state index contributed by atoms with van der Waals surface area (Å²) in [6.45, 7) is 30.3. The van der Waals surface area contributed by atoms with E-state index < -0.39 is 26.1 Å². The van der Waals surface area contributed by atoms with E-state index in [1.165, 1.54) is 51.8 Å². The van der Waals surface area contributed by atoms with Gasteiger partial charge in [0.2, 0.25) is 6.23 Å². The van der Waals surface area contributed by atoms with Gasteiger partial charge in [0.25, 0.3) is 12.2 Å². The van der Waals surface area contributed by atoms with Gasteiger partial charge in [-0.25, -0.2) is 24.0 Å². The molecule has 12 atom stereocenters. The molecule has 3 aromatic heterocycles. The van der Waals surface area contributed by atoms with Crippen molar-refractivity contribution in [2.24, 2.45) is 35.5 Å². The molecule has 3 aromatic rings. The van der Waals surface area contributed by atoms with Crippen molar-refractivity contribution in [2.45, 2.75) is 150 Å². The van der Waals surface area contributed by atoms with Gasteiger partial charge in [-0.2, -0.15) is 10.4 Å². The number of aromatic nitrogens is 8. The zero-order chi connectivity index (χ0) is 48.2. The molecule has 6 rings (SSSR count). The lowest BCUT2D eigenvalue weighted by molar-refractivity contribution is -0.825. The zero-order valence-corrected chi connectivity index (χ0v) is 43.2. The Morgan fingerprint density at radius 3 is 1.73 bits per heavy atom. The summed E-state index contributed by atoms with van der Waals surface area (Å²) in [7, 11) is 3.37. The van der Waals surface area contributed by atoms with E-state index in [1.807, 2.05) is 0 Å². The first-order valence-corrected chi connectivity index (χ1v) is 26.5. The Bertz CT molecular complexity index is 1810. The number of carbonyl (C=O) groups excluding carboxylic acids is 3. The van der Waals surface area contributed by atoms with E-state index in [2.05, 4.69) is 139 Å². The monoisotopic (exact) mass is 968 g/mol. The molecular weight excluding hydrogens is 895 g/mol. The van der Waals surface area contributed by atoms with Crippen LogP contribution >= 0.6 is 15.9 Å². The van der Waals surface area contributed by atoms with Gasteiger partial charge in [0.05, 0.1) is 45.7 Å². The summed E-state index contributed by atoms with van der Waals surface area (Å²) in [5.74, 6) is 2.08. The molecule has 356 valence electrons. The van der Waals surface area contributed by atoms with Crippen molar-refractivity contribution in [3.8, 4) is 6.07 Å². The maximum absolute atomic E-state index is 11.6. The maximum atomic E-state index is 11.6. The number of ether oxygens (including phenoxy) is 6. The minimum absolute atomic E-state index is 0.0703. The Hall–Kier alpha value is -4.03. The first kappa shape index (κ1) is 57.0. The highest BCUT2D eigenvalue weighted by Gasteiger charge is 2.44. The molecule has 18 nitrogen and oxygen atoms in total. The molecule has 12 unspecified atom stereocenters. The van der Waals surface area contributed by atoms with Gasteiger partial charge in [0.15, 0.2) is 6.23 Å². The number of halogens is 1. The van der Waals surface area contributed by atoms with Crippen molar-refractivity contribution >= 4 is 42.0 Å². The number of hydrogen-bond acceptors (Lipinski definition) is 14. The van der Waals surface area contributed by atoms with Gasteiger partial charge in [0, 0.05) is 33.0 Å². The zero-order valence-electron chi connectivity index (χ0n) is 40.6. The minimum Gasteiger partial charge on any atom is -0.464 e. The van der Waals surface area contributed by atoms with E-state index in [4.69, 9.17) is 24.2 Å². The molecule has 0 aliphatic carbocycles. The van der Waals surface area contributed by atoms with Crippen LogP contribution in [0.2, 0.25) is 26.2 Å². The van der Waals surface area contributed by atoms with Gasteiger partial charge in [-0.1, -0.05) is 109 Å². The van der Waals surface area contributed by atoms with Crippen LogP contribution in [0.15, 0.2) is 31.2 Å². The first-order chi connectivity index (χ1) is 29.6. The number of carbonyl (C=O) groups is 3. The fraction of sp³-hybridized carbons (Fsp3) is 0.744. The average molecular weight is 970 g/mol. The number of nitriles is 1. The second-order valence-electron chi connectivity index (χ2n) is 17.3. The van der Waals surface area contributed by atoms with E-state index in [-0.39, 0.29) is 35.5 Å². The molecule has 3 fully saturated rings. The van der Waals surface area contributed by atoms with Crippen molar-refractivity contribution < 1.29 is 47.5 Å². The highest BCUT2D eigenvalue weighted by Crippen LogP contribution is 2.40. The lowest BCUT2D eigenvalue weighted by Crippen LogP contribution is -2.51. The summed E-state index contributed by atoms with van der Waals surface area (Å²) >= 11 is 3.50. The van der Waals surface area contributed by atoms with Crippen LogP contribution in [0.4, 0.5) is 4.79 Å². The molecule has 0 radical (unpaired) electrons. The number of alkyl halides is 1. The number of methoxy groups -OCH3 is 3. The van der Waals surface area contributed by atoms with Crippen molar-refractivity contribution in [1.29, 1.82) is 5.26 Å². The van der Waals surface area contributed by atoms with Crippen LogP contribution in [0, 0.1) is 46.8 Å². The van der Waals surface area contributed by atoms with Gasteiger partial charge >= 0.3 is 24.4 Å². The summed E-state index contributed by atoms with van der Waals surface area (Å²) < 4.78 is 36.0. The largest absolute Gasteiger partial charge is 0.464 e. The van der Waals surface area contributed by atoms with Crippen LogP contribution in [0.1, 0.15) is 122 Å². The van der Waals surface area contributed by atoms with E-state index in [0.717, 1.165) is 19.3 Å². The molecular formula is C43H75BrN9O9Si+. The summed E-state index contributed by atoms with van der Waals surface area (Å²) in [6.07, 6.45) is 9.26. The Balaban J connectivity index is 0.000000410. The standard InChI is InChI=1S/C12H20N3O3.C12H19N3O3.C8H15BrO.C5H6N2O2.C4H12Si.C2H3N/c1-5-10-8(2)9(3)11(18-10)14-6-13-7-15(14)12(16)17-4;1-5-9-7(2)8(3)11(18-9)15-6-13-10(14-15)12(16)17-4;1-4-7-5(2)6(3)8(9)10-7;1-9-5(8)4-2-3-6-7-4;1-5(2,3)4;1-2-3/h6-11H,5H2,1-4H3;6-9,11H,5H2,1-4H3;5-8H,4H2,1-3H3;2-3H,1H3,(H,6,7);1-4H3;1H3/q+1;;;;;. The molecule has 3 aliphatic rings. The molecule has 0 amide bonds. The van der Waals surface area contributed by atoms with E-state index >= 15 is 0 Å². The minimum atomic E-state index is -0.611. The fourth-order valence-electron chi connectivity index (χ4n) is 6.81. The highest BCUT2D eigenvalue weighted by molar-refractivity contribution is 9.09. The summed E-state index contributed by atoms with van der Waals surface area (Å²) in [6, 6.07) is 3.30. The highest BCUT2D eigenvalue weighted by atomic mass is 79.9. The van der Waals surface area contributed by atoms with Gasteiger partial charge in [-0.15, -0.1) is 9.78 Å². The molecule has 1 N–H and O–H groups in total. The quantitative estimate of drug-likeness (QED) is 0.0774. The number of nitrogens with one attached hydrogen (secondary N) is 1. The second-order valence-corrected chi connectivity index (χ2v) is 24.2. The summed E-state index contributed by atoms with van der Waals surface area (Å²) in [4.78, 5) is 41.4. The normalized spacial score (nSPS) is 28.0. The average Bonchev–Trinajstić information content (AvgIpc) is 4.13. The van der Waals surface area contributed by atoms with Crippen molar-refractivity contribution in [3.63, 3.8) is 0 Å². The Morgan fingerprint density at radius 2 is 1.32 bits per heavy atom. The molecule has 3 aliphatic heterocycles. The first-order valence-electron chi connectivity index (χ1n) is 21.6. The molecule has 3 saturated heterocycles. The summed E-state index contributed by atoms with van der Waals surface area (Å²) in [5.41, 5.74) is 0.373. The van der Waals surface area contributed by atoms with Crippen LogP contribution < -0.4 is 4.68 Å². The van der Waals surface area contributed by atoms with Crippen molar-refractivity contribution in [1.82, 2.24) is 34.6 Å². The Morgan fingerprint density at radius 1 is 0.810 bits per heavy atom. The molecule has 0 saturated carbocycles. The van der Waals surface area contributed by atoms with E-state index in [9.17, 15) is 14.4 Å². The van der Waals surface area contributed by atoms with Crippen LogP contribution in [0.25, 0.3) is 0 Å². The van der Waals surface area contributed by atoms with E-state index in [1.54, 1.807) is 27.8 Å². The Kier molecular flexibility index (Phi) is 25.3. The molecule has 0 spiro atoms. The van der Waals surface area contributed by atoms with Crippen molar-refractivity contribution in [2.75, 3.05) is 21.3 Å². The SMILES string of the molecule is CC#N.CCC1OC(Br)C(C)C1C.CCC1OC([n+]2cncn2C(=O)OC)C(C)C1C.CCC1OC(n2cnc(C(=O)OC)n2)C(C)C1C.COC(=O)c1ccn[nH]1.C[Si](C)(C)C. The van der Waals surface area contributed by atoms with Crippen LogP contribution in [0.3, 0.4) is 0 Å². The number of esters is 2. The van der Waals surface area contributed by atoms with Crippen molar-refractivity contribution in [3.05, 3.63) is 42.8 Å². The van der Waals surface area contributed by atoms with Crippen LogP contribution in [-0.2, 0) is 28.4 Å². The predicted octanol–water partition coefficient (Wildman–Crippen LogP) is 8.48. The topological polar surface area (TPSA) is 211 Å². The second kappa shape index (κ2) is 28.0. The predicted molar refractivity (Wildman–Crippen MR) is 243 cm³/mol. The summed E-state index contributed by atoms with van der Waals surface area (Å²) in [5, 5.41) is 17.8. The van der Waals surface area contributed by atoms with E-state index in [0.29, 0.717) is 47.3 Å².